The predicted octanol–water partition coefficient (Wildman–Crippen LogP) is 6.83. The topological polar surface area (TPSA) is 61.2 Å². The van der Waals surface area contributed by atoms with Crippen molar-refractivity contribution in [1.82, 2.24) is 0 Å². The standard InChI is InChI=1S/C27H25F3N2O2S/c28-27(29,30)17-12-10-16(11-13-17)19-14-24(34)32(21-7-5-8-22(33)25(19)21)26-20(15-31)18-6-3-1-2-4-9-23(18)35-26/h10-13,19H,1-9,14H2. The van der Waals surface area contributed by atoms with Gasteiger partial charge in [0, 0.05) is 34.9 Å². The number of thiophene rings is 1. The molecule has 182 valence electrons. The van der Waals surface area contributed by atoms with Gasteiger partial charge in [-0.1, -0.05) is 25.0 Å². The monoisotopic (exact) mass is 498 g/mol. The Morgan fingerprint density at radius 1 is 0.943 bits per heavy atom. The van der Waals surface area contributed by atoms with Crippen LogP contribution in [0, 0.1) is 11.3 Å². The zero-order valence-corrected chi connectivity index (χ0v) is 20.0. The second-order valence-corrected chi connectivity index (χ2v) is 10.5. The minimum absolute atomic E-state index is 0.0105. The van der Waals surface area contributed by atoms with Crippen LogP contribution >= 0.6 is 11.3 Å². The number of amides is 1. The number of nitrogens with zero attached hydrogens (tertiary/aromatic N) is 2. The first-order valence-corrected chi connectivity index (χ1v) is 12.9. The summed E-state index contributed by atoms with van der Waals surface area (Å²) in [5, 5.41) is 10.7. The molecule has 1 amide bonds. The van der Waals surface area contributed by atoms with Crippen molar-refractivity contribution in [2.75, 3.05) is 4.90 Å². The quantitative estimate of drug-likeness (QED) is 0.456. The van der Waals surface area contributed by atoms with Gasteiger partial charge < -0.3 is 0 Å². The highest BCUT2D eigenvalue weighted by Gasteiger charge is 2.42. The number of Topliss-reactive ketones (excluding diaryl/α,β-unsaturated/α-hetero) is 1. The molecule has 0 N–H and O–H groups in total. The average molecular weight is 499 g/mol. The van der Waals surface area contributed by atoms with Crippen LogP contribution in [0.3, 0.4) is 0 Å². The Hall–Kier alpha value is -2.92. The summed E-state index contributed by atoms with van der Waals surface area (Å²) >= 11 is 1.49. The zero-order valence-electron chi connectivity index (χ0n) is 19.2. The lowest BCUT2D eigenvalue weighted by Crippen LogP contribution is -2.40. The molecular formula is C27H25F3N2O2S. The number of hydrogen-bond donors (Lipinski definition) is 0. The minimum atomic E-state index is -4.45. The Labute approximate surface area is 206 Å². The molecule has 2 aliphatic carbocycles. The first-order chi connectivity index (χ1) is 16.8. The van der Waals surface area contributed by atoms with Gasteiger partial charge in [-0.25, -0.2) is 0 Å². The van der Waals surface area contributed by atoms with Gasteiger partial charge in [-0.15, -0.1) is 11.3 Å². The SMILES string of the molecule is N#Cc1c(N2C(=O)CC(c3ccc(C(F)(F)F)cc3)C3=C2CCCC3=O)sc2c1CCCCCC2. The highest BCUT2D eigenvalue weighted by atomic mass is 32.1. The molecule has 0 saturated heterocycles. The lowest BCUT2D eigenvalue weighted by molar-refractivity contribution is -0.137. The fraction of sp³-hybridized carbons (Fsp3) is 0.444. The molecule has 1 unspecified atom stereocenters. The number of rotatable bonds is 2. The van der Waals surface area contributed by atoms with Crippen molar-refractivity contribution in [2.45, 2.75) is 76.3 Å². The molecule has 2 heterocycles. The number of carbonyl (C=O) groups is 2. The van der Waals surface area contributed by atoms with E-state index in [9.17, 15) is 28.0 Å². The Morgan fingerprint density at radius 3 is 2.34 bits per heavy atom. The molecule has 1 aromatic heterocycles. The molecule has 8 heteroatoms. The van der Waals surface area contributed by atoms with Crippen LogP contribution in [0.5, 0.6) is 0 Å². The van der Waals surface area contributed by atoms with Crippen LogP contribution in [0.25, 0.3) is 0 Å². The molecule has 1 aromatic carbocycles. The van der Waals surface area contributed by atoms with Crippen molar-refractivity contribution in [3.8, 4) is 6.07 Å². The summed E-state index contributed by atoms with van der Waals surface area (Å²) in [5.41, 5.74) is 2.48. The number of alkyl halides is 3. The van der Waals surface area contributed by atoms with E-state index in [1.54, 1.807) is 4.90 Å². The van der Waals surface area contributed by atoms with Gasteiger partial charge in [-0.2, -0.15) is 18.4 Å². The van der Waals surface area contributed by atoms with E-state index in [4.69, 9.17) is 0 Å². The van der Waals surface area contributed by atoms with Crippen LogP contribution in [0.1, 0.15) is 84.4 Å². The van der Waals surface area contributed by atoms with Crippen LogP contribution < -0.4 is 4.90 Å². The van der Waals surface area contributed by atoms with E-state index < -0.39 is 17.7 Å². The number of carbonyl (C=O) groups excluding carboxylic acids is 2. The van der Waals surface area contributed by atoms with Gasteiger partial charge in [0.05, 0.1) is 11.1 Å². The first kappa shape index (κ1) is 23.8. The van der Waals surface area contributed by atoms with Crippen LogP contribution in [0.4, 0.5) is 18.2 Å². The van der Waals surface area contributed by atoms with Crippen molar-refractivity contribution >= 4 is 28.0 Å². The summed E-state index contributed by atoms with van der Waals surface area (Å²) in [5.74, 6) is -0.855. The number of ketones is 1. The second-order valence-electron chi connectivity index (χ2n) is 9.45. The summed E-state index contributed by atoms with van der Waals surface area (Å²) in [7, 11) is 0. The molecule has 2 aromatic rings. The average Bonchev–Trinajstić information content (AvgIpc) is 3.13. The van der Waals surface area contributed by atoms with E-state index in [0.717, 1.165) is 61.1 Å². The smallest absolute Gasteiger partial charge is 0.294 e. The van der Waals surface area contributed by atoms with Gasteiger partial charge in [-0.05, 0) is 61.8 Å². The number of fused-ring (bicyclic) bond motifs is 1. The van der Waals surface area contributed by atoms with E-state index in [1.165, 1.54) is 23.5 Å². The number of allylic oxidation sites excluding steroid dienone is 2. The molecule has 0 fully saturated rings. The number of benzene rings is 1. The number of nitriles is 1. The summed E-state index contributed by atoms with van der Waals surface area (Å²) in [6, 6.07) is 7.11. The van der Waals surface area contributed by atoms with Crippen LogP contribution in [0.15, 0.2) is 35.5 Å². The molecule has 4 nitrogen and oxygen atoms in total. The predicted molar refractivity (Wildman–Crippen MR) is 127 cm³/mol. The molecular weight excluding hydrogens is 473 g/mol. The number of anilines is 1. The van der Waals surface area contributed by atoms with E-state index in [2.05, 4.69) is 6.07 Å². The van der Waals surface area contributed by atoms with Crippen molar-refractivity contribution in [1.29, 1.82) is 5.26 Å². The lowest BCUT2D eigenvalue weighted by atomic mass is 9.77. The van der Waals surface area contributed by atoms with Gasteiger partial charge >= 0.3 is 6.18 Å². The van der Waals surface area contributed by atoms with Crippen LogP contribution in [-0.2, 0) is 28.6 Å². The normalized spacial score (nSPS) is 21.2. The van der Waals surface area contributed by atoms with E-state index in [1.807, 2.05) is 0 Å². The largest absolute Gasteiger partial charge is 0.416 e. The maximum atomic E-state index is 13.6. The Kier molecular flexibility index (Phi) is 6.30. The summed E-state index contributed by atoms with van der Waals surface area (Å²) in [6.07, 6.45) is 3.05. The number of hydrogen-bond acceptors (Lipinski definition) is 4. The molecule has 1 atom stereocenters. The van der Waals surface area contributed by atoms with Gasteiger partial charge in [0.2, 0.25) is 5.91 Å². The summed E-state index contributed by atoms with van der Waals surface area (Å²) in [4.78, 5) is 29.5. The third kappa shape index (κ3) is 4.31. The maximum Gasteiger partial charge on any atom is 0.416 e. The molecule has 5 rings (SSSR count). The summed E-state index contributed by atoms with van der Waals surface area (Å²) in [6.45, 7) is 0. The van der Waals surface area contributed by atoms with Gasteiger partial charge in [0.15, 0.2) is 5.78 Å². The highest BCUT2D eigenvalue weighted by molar-refractivity contribution is 7.16. The van der Waals surface area contributed by atoms with E-state index >= 15 is 0 Å². The third-order valence-electron chi connectivity index (χ3n) is 7.28. The Bertz CT molecular complexity index is 1250. The molecule has 3 aliphatic rings. The Balaban J connectivity index is 1.61. The lowest BCUT2D eigenvalue weighted by Gasteiger charge is -2.38. The highest BCUT2D eigenvalue weighted by Crippen LogP contribution is 2.48. The van der Waals surface area contributed by atoms with Gasteiger partial charge in [-0.3, -0.25) is 14.5 Å². The first-order valence-electron chi connectivity index (χ1n) is 12.1. The third-order valence-corrected chi connectivity index (χ3v) is 8.56. The fourth-order valence-electron chi connectivity index (χ4n) is 5.60. The second kappa shape index (κ2) is 9.27. The summed E-state index contributed by atoms with van der Waals surface area (Å²) < 4.78 is 39.2. The van der Waals surface area contributed by atoms with Crippen molar-refractivity contribution < 1.29 is 22.8 Å². The maximum absolute atomic E-state index is 13.6. The molecule has 35 heavy (non-hydrogen) atoms. The molecule has 1 aliphatic heterocycles. The van der Waals surface area contributed by atoms with Crippen molar-refractivity contribution in [3.05, 3.63) is 62.7 Å². The van der Waals surface area contributed by atoms with E-state index in [-0.39, 0.29) is 18.1 Å². The molecule has 0 bridgehead atoms. The minimum Gasteiger partial charge on any atom is -0.294 e. The fourth-order valence-corrected chi connectivity index (χ4v) is 6.98. The van der Waals surface area contributed by atoms with E-state index in [0.29, 0.717) is 46.7 Å². The number of aryl methyl sites for hydroxylation is 1. The molecule has 0 radical (unpaired) electrons. The zero-order chi connectivity index (χ0) is 24.7. The Morgan fingerprint density at radius 2 is 1.66 bits per heavy atom. The van der Waals surface area contributed by atoms with Crippen molar-refractivity contribution in [3.63, 3.8) is 0 Å². The van der Waals surface area contributed by atoms with Crippen molar-refractivity contribution in [2.24, 2.45) is 0 Å². The number of halogens is 3. The molecule has 0 spiro atoms. The molecule has 0 saturated carbocycles. The van der Waals surface area contributed by atoms with Gasteiger partial charge in [0.1, 0.15) is 11.1 Å². The van der Waals surface area contributed by atoms with Gasteiger partial charge in [0.25, 0.3) is 0 Å². The van der Waals surface area contributed by atoms with Crippen LogP contribution in [0.2, 0.25) is 0 Å². The van der Waals surface area contributed by atoms with Crippen LogP contribution in [-0.4, -0.2) is 11.7 Å².